The minimum Gasteiger partial charge on any atom is -0.421 e. The fourth-order valence-electron chi connectivity index (χ4n) is 2.20. The second-order valence-corrected chi connectivity index (χ2v) is 7.14. The molecule has 0 aliphatic rings. The van der Waals surface area contributed by atoms with E-state index in [4.69, 9.17) is 4.42 Å². The van der Waals surface area contributed by atoms with Gasteiger partial charge in [0.25, 0.3) is 5.91 Å². The zero-order valence-corrected chi connectivity index (χ0v) is 15.6. The molecule has 3 rings (SSSR count). The van der Waals surface area contributed by atoms with E-state index in [0.29, 0.717) is 23.0 Å². The maximum absolute atomic E-state index is 12.4. The van der Waals surface area contributed by atoms with E-state index < -0.39 is 11.3 Å². The van der Waals surface area contributed by atoms with Crippen molar-refractivity contribution in [1.29, 1.82) is 0 Å². The number of anilines is 1. The fourth-order valence-corrected chi connectivity index (χ4v) is 2.20. The number of aryl methyl sites for hydroxylation is 1. The lowest BCUT2D eigenvalue weighted by Gasteiger charge is -2.15. The number of ketones is 1. The molecule has 140 valence electrons. The normalized spacial score (nSPS) is 11.4. The second-order valence-electron chi connectivity index (χ2n) is 7.14. The smallest absolute Gasteiger partial charge is 0.277 e. The topological polar surface area (TPSA) is 116 Å². The summed E-state index contributed by atoms with van der Waals surface area (Å²) in [6.45, 7) is 7.26. The van der Waals surface area contributed by atoms with Crippen LogP contribution >= 0.6 is 0 Å². The van der Waals surface area contributed by atoms with Crippen molar-refractivity contribution in [2.24, 2.45) is 5.41 Å². The fraction of sp³-hybridized carbons (Fsp3) is 0.333. The first kappa shape index (κ1) is 18.4. The summed E-state index contributed by atoms with van der Waals surface area (Å²) in [6.07, 6.45) is 1.45. The van der Waals surface area contributed by atoms with Crippen LogP contribution in [0.5, 0.6) is 0 Å². The number of Topliss-reactive ketones (excluding diaryl/α,β-unsaturated/α-hetero) is 1. The zero-order chi connectivity index (χ0) is 19.6. The van der Waals surface area contributed by atoms with Crippen LogP contribution in [0.15, 0.2) is 34.9 Å². The largest absolute Gasteiger partial charge is 0.421 e. The van der Waals surface area contributed by atoms with Crippen molar-refractivity contribution in [2.45, 2.75) is 34.2 Å². The Kier molecular flexibility index (Phi) is 4.85. The summed E-state index contributed by atoms with van der Waals surface area (Å²) in [5.41, 5.74) is 0.874. The molecule has 27 heavy (non-hydrogen) atoms. The van der Waals surface area contributed by atoms with Crippen LogP contribution in [-0.2, 0) is 11.3 Å². The number of hydrogen-bond donors (Lipinski definition) is 1. The number of nitrogens with zero attached hydrogens (tertiary/aromatic N) is 5. The molecule has 1 amide bonds. The number of carbonyl (C=O) groups is 2. The van der Waals surface area contributed by atoms with Crippen molar-refractivity contribution in [3.63, 3.8) is 0 Å². The standard InChI is InChI=1S/C18H20N6O3/c1-11-20-22-17(27-11)12-6-5-7-13(8-12)19-16(26)14-9-24(23-21-14)10-15(25)18(2,3)4/h5-9H,10H2,1-4H3,(H,19,26). The van der Waals surface area contributed by atoms with Gasteiger partial charge in [0.15, 0.2) is 11.5 Å². The van der Waals surface area contributed by atoms with E-state index in [1.807, 2.05) is 20.8 Å². The highest BCUT2D eigenvalue weighted by Crippen LogP contribution is 2.21. The van der Waals surface area contributed by atoms with Gasteiger partial charge in [-0.3, -0.25) is 9.59 Å². The van der Waals surface area contributed by atoms with Crippen LogP contribution in [0.25, 0.3) is 11.5 Å². The number of carbonyl (C=O) groups excluding carboxylic acids is 2. The number of hydrogen-bond acceptors (Lipinski definition) is 7. The average Bonchev–Trinajstić information content (AvgIpc) is 3.23. The van der Waals surface area contributed by atoms with E-state index in [2.05, 4.69) is 25.8 Å². The number of benzene rings is 1. The van der Waals surface area contributed by atoms with Gasteiger partial charge in [-0.2, -0.15) is 0 Å². The summed E-state index contributed by atoms with van der Waals surface area (Å²) in [6, 6.07) is 7.02. The number of nitrogens with one attached hydrogen (secondary N) is 1. The Labute approximate surface area is 155 Å². The molecule has 0 fully saturated rings. The number of rotatable bonds is 5. The van der Waals surface area contributed by atoms with E-state index in [1.54, 1.807) is 31.2 Å². The highest BCUT2D eigenvalue weighted by molar-refractivity contribution is 6.02. The van der Waals surface area contributed by atoms with E-state index in [1.165, 1.54) is 10.9 Å². The Morgan fingerprint density at radius 3 is 2.63 bits per heavy atom. The molecule has 0 atom stereocenters. The Balaban J connectivity index is 1.70. The molecule has 1 N–H and O–H groups in total. The van der Waals surface area contributed by atoms with E-state index >= 15 is 0 Å². The molecular formula is C18H20N6O3. The van der Waals surface area contributed by atoms with Crippen molar-refractivity contribution in [3.8, 4) is 11.5 Å². The molecule has 9 nitrogen and oxygen atoms in total. The van der Waals surface area contributed by atoms with Gasteiger partial charge >= 0.3 is 0 Å². The maximum atomic E-state index is 12.4. The van der Waals surface area contributed by atoms with Crippen LogP contribution in [0.1, 0.15) is 37.2 Å². The van der Waals surface area contributed by atoms with Crippen molar-refractivity contribution in [2.75, 3.05) is 5.32 Å². The summed E-state index contributed by atoms with van der Waals surface area (Å²) in [4.78, 5) is 24.5. The molecule has 2 heterocycles. The van der Waals surface area contributed by atoms with Crippen LogP contribution in [0, 0.1) is 12.3 Å². The Bertz CT molecular complexity index is 983. The van der Waals surface area contributed by atoms with Crippen molar-refractivity contribution >= 4 is 17.4 Å². The predicted octanol–water partition coefficient (Wildman–Crippen LogP) is 2.50. The lowest BCUT2D eigenvalue weighted by atomic mass is 9.91. The Morgan fingerprint density at radius 2 is 1.96 bits per heavy atom. The molecule has 0 saturated carbocycles. The molecule has 0 aliphatic heterocycles. The molecule has 1 aromatic carbocycles. The van der Waals surface area contributed by atoms with Crippen molar-refractivity contribution in [1.82, 2.24) is 25.2 Å². The van der Waals surface area contributed by atoms with Crippen LogP contribution < -0.4 is 5.32 Å². The molecule has 0 bridgehead atoms. The number of amides is 1. The van der Waals surface area contributed by atoms with Gasteiger partial charge in [0.1, 0.15) is 6.54 Å². The quantitative estimate of drug-likeness (QED) is 0.735. The second kappa shape index (κ2) is 7.10. The van der Waals surface area contributed by atoms with Crippen molar-refractivity contribution < 1.29 is 14.0 Å². The molecule has 0 saturated heterocycles. The Morgan fingerprint density at radius 1 is 1.19 bits per heavy atom. The minimum absolute atomic E-state index is 0.00177. The first-order valence-electron chi connectivity index (χ1n) is 8.38. The van der Waals surface area contributed by atoms with Gasteiger partial charge in [0.2, 0.25) is 11.8 Å². The van der Waals surface area contributed by atoms with Gasteiger partial charge < -0.3 is 9.73 Å². The summed E-state index contributed by atoms with van der Waals surface area (Å²) in [5.74, 6) is 0.404. The lowest BCUT2D eigenvalue weighted by molar-refractivity contribution is -0.127. The summed E-state index contributed by atoms with van der Waals surface area (Å²) in [5, 5.41) is 18.2. The molecule has 9 heteroatoms. The summed E-state index contributed by atoms with van der Waals surface area (Å²) < 4.78 is 6.75. The van der Waals surface area contributed by atoms with Gasteiger partial charge in [-0.15, -0.1) is 15.3 Å². The van der Waals surface area contributed by atoms with Crippen LogP contribution in [0.3, 0.4) is 0 Å². The first-order chi connectivity index (χ1) is 12.7. The van der Waals surface area contributed by atoms with Gasteiger partial charge in [-0.1, -0.05) is 32.1 Å². The predicted molar refractivity (Wildman–Crippen MR) is 96.9 cm³/mol. The van der Waals surface area contributed by atoms with Gasteiger partial charge in [-0.05, 0) is 18.2 Å². The van der Waals surface area contributed by atoms with Gasteiger partial charge in [0, 0.05) is 23.6 Å². The molecular weight excluding hydrogens is 348 g/mol. The SMILES string of the molecule is Cc1nnc(-c2cccc(NC(=O)c3cn(CC(=O)C(C)(C)C)nn3)c2)o1. The monoisotopic (exact) mass is 368 g/mol. The van der Waals surface area contributed by atoms with E-state index in [9.17, 15) is 9.59 Å². The third kappa shape index (κ3) is 4.43. The van der Waals surface area contributed by atoms with Crippen LogP contribution in [-0.4, -0.2) is 36.9 Å². The van der Waals surface area contributed by atoms with Gasteiger partial charge in [0.05, 0.1) is 6.20 Å². The molecule has 3 aromatic rings. The highest BCUT2D eigenvalue weighted by atomic mass is 16.4. The molecule has 0 spiro atoms. The molecule has 0 unspecified atom stereocenters. The van der Waals surface area contributed by atoms with E-state index in [0.717, 1.165) is 0 Å². The van der Waals surface area contributed by atoms with Gasteiger partial charge in [-0.25, -0.2) is 4.68 Å². The zero-order valence-electron chi connectivity index (χ0n) is 15.6. The van der Waals surface area contributed by atoms with Crippen molar-refractivity contribution in [3.05, 3.63) is 42.0 Å². The average molecular weight is 368 g/mol. The summed E-state index contributed by atoms with van der Waals surface area (Å²) >= 11 is 0. The van der Waals surface area contributed by atoms with E-state index in [-0.39, 0.29) is 18.0 Å². The Hall–Kier alpha value is -3.36. The molecule has 2 aromatic heterocycles. The third-order valence-electron chi connectivity index (χ3n) is 3.81. The summed E-state index contributed by atoms with van der Waals surface area (Å²) in [7, 11) is 0. The highest BCUT2D eigenvalue weighted by Gasteiger charge is 2.22. The number of aromatic nitrogens is 5. The first-order valence-corrected chi connectivity index (χ1v) is 8.38. The van der Waals surface area contributed by atoms with Crippen LogP contribution in [0.2, 0.25) is 0 Å². The lowest BCUT2D eigenvalue weighted by Crippen LogP contribution is -2.25. The van der Waals surface area contributed by atoms with Crippen LogP contribution in [0.4, 0.5) is 5.69 Å². The minimum atomic E-state index is -0.484. The molecule has 0 aliphatic carbocycles. The third-order valence-corrected chi connectivity index (χ3v) is 3.81. The molecule has 0 radical (unpaired) electrons. The maximum Gasteiger partial charge on any atom is 0.277 e.